The van der Waals surface area contributed by atoms with Gasteiger partial charge in [0.05, 0.1) is 32.0 Å². The zero-order valence-corrected chi connectivity index (χ0v) is 45.8. The molecule has 2 rings (SSSR count). The van der Waals surface area contributed by atoms with Crippen molar-refractivity contribution in [3.8, 4) is 0 Å². The smallest absolute Gasteiger partial charge is 0.220 e. The number of amides is 1. The average molecular weight is 1050 g/mol. The fourth-order valence-electron chi connectivity index (χ4n) is 9.20. The van der Waals surface area contributed by atoms with Gasteiger partial charge in [-0.15, -0.1) is 0 Å². The van der Waals surface area contributed by atoms with Crippen LogP contribution in [0, 0.1) is 0 Å². The average Bonchev–Trinajstić information content (AvgIpc) is 3.40. The lowest BCUT2D eigenvalue weighted by Crippen LogP contribution is -2.65. The third-order valence-corrected chi connectivity index (χ3v) is 13.9. The van der Waals surface area contributed by atoms with Gasteiger partial charge in [-0.1, -0.05) is 209 Å². The van der Waals surface area contributed by atoms with Gasteiger partial charge >= 0.3 is 0 Å². The maximum atomic E-state index is 13.2. The van der Waals surface area contributed by atoms with Crippen LogP contribution in [0.25, 0.3) is 0 Å². The van der Waals surface area contributed by atoms with Crippen LogP contribution < -0.4 is 5.32 Å². The molecule has 12 unspecified atom stereocenters. The van der Waals surface area contributed by atoms with E-state index in [1.165, 1.54) is 103 Å². The summed E-state index contributed by atoms with van der Waals surface area (Å²) < 4.78 is 22.7. The van der Waals surface area contributed by atoms with E-state index in [-0.39, 0.29) is 18.9 Å². The molecule has 0 aromatic heterocycles. The number of carbonyl (C=O) groups is 1. The van der Waals surface area contributed by atoms with E-state index in [0.717, 1.165) is 77.0 Å². The van der Waals surface area contributed by atoms with Crippen LogP contribution in [0.3, 0.4) is 0 Å². The van der Waals surface area contributed by atoms with E-state index < -0.39 is 86.8 Å². The van der Waals surface area contributed by atoms with Gasteiger partial charge in [0, 0.05) is 6.42 Å². The van der Waals surface area contributed by atoms with Gasteiger partial charge in [0.2, 0.25) is 5.91 Å². The molecule has 14 nitrogen and oxygen atoms in total. The number of hydrogen-bond donors (Lipinski definition) is 9. The molecule has 0 aromatic carbocycles. The molecule has 0 aromatic rings. The summed E-state index contributed by atoms with van der Waals surface area (Å²) in [5, 5.41) is 86.9. The molecular weight excluding hydrogens is 943 g/mol. The van der Waals surface area contributed by atoms with Crippen molar-refractivity contribution in [2.24, 2.45) is 0 Å². The van der Waals surface area contributed by atoms with Crippen LogP contribution in [0.4, 0.5) is 0 Å². The number of rotatable bonds is 45. The number of nitrogens with one attached hydrogen (secondary N) is 1. The van der Waals surface area contributed by atoms with E-state index in [4.69, 9.17) is 18.9 Å². The van der Waals surface area contributed by atoms with Crippen LogP contribution >= 0.6 is 0 Å². The number of aliphatic hydroxyl groups is 8. The van der Waals surface area contributed by atoms with Crippen LogP contribution in [0.15, 0.2) is 72.9 Å². The standard InChI is InChI=1S/C60H105NO13/c1-3-5-7-9-11-13-15-16-17-18-19-20-21-22-23-24-25-26-27-28-29-30-31-32-34-36-38-40-42-44-52(65)61-48(49(64)43-41-39-37-35-33-14-12-10-8-6-4-2)47-71-59-57(70)55(68)58(51(46-63)73-59)74-60-56(69)54(67)53(66)50(45-62)72-60/h5,7,11,13,16-17,19-20,22-23,41,43,48-51,53-60,62-64,66-70H,3-4,6,8-10,12,14-15,18,21,24-40,42,44-47H2,1-2H3,(H,61,65)/b7-5-,13-11-,17-16-,20-19-,23-22-,43-41+. The normalized spacial score (nSPS) is 25.8. The molecule has 14 heteroatoms. The lowest BCUT2D eigenvalue weighted by Gasteiger charge is -2.46. The summed E-state index contributed by atoms with van der Waals surface area (Å²) in [4.78, 5) is 13.2. The highest BCUT2D eigenvalue weighted by atomic mass is 16.7. The largest absolute Gasteiger partial charge is 0.394 e. The van der Waals surface area contributed by atoms with Gasteiger partial charge in [0.25, 0.3) is 0 Å². The summed E-state index contributed by atoms with van der Waals surface area (Å²) in [6, 6.07) is -0.917. The zero-order chi connectivity index (χ0) is 53.9. The Balaban J connectivity index is 1.68. The molecular formula is C60H105NO13. The SMILES string of the molecule is CC/C=C\C/C=C\C/C=C\C/C=C\C/C=C\CCCCCCCCCCCCCCCC(=O)NC(COC1OC(CO)C(OC2OC(CO)C(O)C(O)C2O)C(O)C1O)C(O)/C=C/CCCCCCCCCCC. The molecule has 0 saturated carbocycles. The Morgan fingerprint density at radius 3 is 1.43 bits per heavy atom. The highest BCUT2D eigenvalue weighted by Crippen LogP contribution is 2.30. The van der Waals surface area contributed by atoms with E-state index in [9.17, 15) is 45.6 Å². The van der Waals surface area contributed by atoms with E-state index >= 15 is 0 Å². The predicted molar refractivity (Wildman–Crippen MR) is 295 cm³/mol. The predicted octanol–water partition coefficient (Wildman–Crippen LogP) is 9.55. The van der Waals surface area contributed by atoms with E-state index in [2.05, 4.69) is 79.9 Å². The summed E-state index contributed by atoms with van der Waals surface area (Å²) in [5.41, 5.74) is 0. The molecule has 2 saturated heterocycles. The van der Waals surface area contributed by atoms with Gasteiger partial charge in [-0.25, -0.2) is 0 Å². The van der Waals surface area contributed by atoms with Gasteiger partial charge in [0.1, 0.15) is 48.8 Å². The van der Waals surface area contributed by atoms with Crippen LogP contribution in [0.5, 0.6) is 0 Å². The second-order valence-corrected chi connectivity index (χ2v) is 20.4. The molecule has 0 bridgehead atoms. The van der Waals surface area contributed by atoms with E-state index in [1.807, 2.05) is 6.08 Å². The van der Waals surface area contributed by atoms with Crippen molar-refractivity contribution in [3.63, 3.8) is 0 Å². The van der Waals surface area contributed by atoms with Gasteiger partial charge in [-0.05, 0) is 64.2 Å². The number of unbranched alkanes of at least 4 members (excludes halogenated alkanes) is 22. The summed E-state index contributed by atoms with van der Waals surface area (Å²) in [6.45, 7) is 2.65. The molecule has 1 amide bonds. The van der Waals surface area contributed by atoms with Gasteiger partial charge in [0.15, 0.2) is 12.6 Å². The summed E-state index contributed by atoms with van der Waals surface area (Å²) in [6.07, 6.45) is 42.4. The monoisotopic (exact) mass is 1050 g/mol. The van der Waals surface area contributed by atoms with Gasteiger partial charge in [-0.2, -0.15) is 0 Å². The second-order valence-electron chi connectivity index (χ2n) is 20.4. The first-order valence-corrected chi connectivity index (χ1v) is 29.2. The van der Waals surface area contributed by atoms with Crippen molar-refractivity contribution in [1.82, 2.24) is 5.32 Å². The Bertz CT molecular complexity index is 1520. The van der Waals surface area contributed by atoms with E-state index in [1.54, 1.807) is 6.08 Å². The molecule has 0 aliphatic carbocycles. The highest BCUT2D eigenvalue weighted by molar-refractivity contribution is 5.76. The molecule has 2 fully saturated rings. The first kappa shape index (κ1) is 67.5. The third-order valence-electron chi connectivity index (χ3n) is 13.9. The minimum absolute atomic E-state index is 0.245. The Kier molecular flexibility index (Phi) is 41.5. The fraction of sp³-hybridized carbons (Fsp3) is 0.783. The van der Waals surface area contributed by atoms with Crippen LogP contribution in [-0.4, -0.2) is 140 Å². The summed E-state index contributed by atoms with van der Waals surface area (Å²) in [7, 11) is 0. The molecule has 9 N–H and O–H groups in total. The van der Waals surface area contributed by atoms with Crippen molar-refractivity contribution in [2.45, 2.75) is 280 Å². The third kappa shape index (κ3) is 31.0. The summed E-state index contributed by atoms with van der Waals surface area (Å²) >= 11 is 0. The van der Waals surface area contributed by atoms with Crippen LogP contribution in [-0.2, 0) is 23.7 Å². The number of carbonyl (C=O) groups excluding carboxylic acids is 1. The molecule has 2 aliphatic rings. The maximum Gasteiger partial charge on any atom is 0.220 e. The number of aliphatic hydroxyl groups excluding tert-OH is 8. The number of allylic oxidation sites excluding steroid dienone is 11. The molecule has 0 radical (unpaired) electrons. The molecule has 0 spiro atoms. The lowest BCUT2D eigenvalue weighted by atomic mass is 9.97. The number of hydrogen-bond acceptors (Lipinski definition) is 13. The first-order valence-electron chi connectivity index (χ1n) is 29.2. The zero-order valence-electron chi connectivity index (χ0n) is 45.8. The van der Waals surface area contributed by atoms with E-state index in [0.29, 0.717) is 6.42 Å². The highest BCUT2D eigenvalue weighted by Gasteiger charge is 2.51. The quantitative estimate of drug-likeness (QED) is 0.0205. The first-order chi connectivity index (χ1) is 36.1. The van der Waals surface area contributed by atoms with Crippen molar-refractivity contribution in [1.29, 1.82) is 0 Å². The molecule has 2 aliphatic heterocycles. The molecule has 74 heavy (non-hydrogen) atoms. The van der Waals surface area contributed by atoms with Gasteiger partial charge in [-0.3, -0.25) is 4.79 Å². The topological polar surface area (TPSA) is 228 Å². The molecule has 2 heterocycles. The minimum Gasteiger partial charge on any atom is -0.394 e. The second kappa shape index (κ2) is 45.4. The minimum atomic E-state index is -1.79. The Morgan fingerprint density at radius 1 is 0.500 bits per heavy atom. The lowest BCUT2D eigenvalue weighted by molar-refractivity contribution is -0.359. The van der Waals surface area contributed by atoms with Crippen molar-refractivity contribution in [3.05, 3.63) is 72.9 Å². The van der Waals surface area contributed by atoms with Crippen molar-refractivity contribution >= 4 is 5.91 Å². The van der Waals surface area contributed by atoms with Crippen molar-refractivity contribution in [2.75, 3.05) is 19.8 Å². The molecule has 428 valence electrons. The number of ether oxygens (including phenoxy) is 4. The Labute approximate surface area is 447 Å². The maximum absolute atomic E-state index is 13.2. The Hall–Kier alpha value is -2.57. The Morgan fingerprint density at radius 2 is 0.932 bits per heavy atom. The summed E-state index contributed by atoms with van der Waals surface area (Å²) in [5.74, 6) is -0.245. The van der Waals surface area contributed by atoms with Crippen LogP contribution in [0.1, 0.15) is 206 Å². The van der Waals surface area contributed by atoms with Crippen molar-refractivity contribution < 1.29 is 64.6 Å². The van der Waals surface area contributed by atoms with Gasteiger partial charge < -0.3 is 65.1 Å². The molecule has 12 atom stereocenters. The fourth-order valence-corrected chi connectivity index (χ4v) is 9.20. The van der Waals surface area contributed by atoms with Crippen LogP contribution in [0.2, 0.25) is 0 Å².